The van der Waals surface area contributed by atoms with Gasteiger partial charge in [0.2, 0.25) is 0 Å². The summed E-state index contributed by atoms with van der Waals surface area (Å²) >= 11 is 1.41. The summed E-state index contributed by atoms with van der Waals surface area (Å²) in [6, 6.07) is 6.68. The van der Waals surface area contributed by atoms with Crippen LogP contribution in [0, 0.1) is 11.6 Å². The maximum atomic E-state index is 14.6. The van der Waals surface area contributed by atoms with Gasteiger partial charge in [0.25, 0.3) is 0 Å². The number of carbonyl (C=O) groups is 2. The molecule has 3 atom stereocenters. The Hall–Kier alpha value is -4.06. The Morgan fingerprint density at radius 3 is 2.44 bits per heavy atom. The molecule has 1 N–H and O–H groups in total. The molecule has 7 rings (SSSR count). The molecule has 4 aromatic rings. The lowest BCUT2D eigenvalue weighted by molar-refractivity contribution is 0.0202. The molecular weight excluding hydrogens is 556 g/mol. The first-order valence-corrected chi connectivity index (χ1v) is 14.3. The van der Waals surface area contributed by atoms with E-state index in [1.54, 1.807) is 6.07 Å². The van der Waals surface area contributed by atoms with Gasteiger partial charge in [-0.15, -0.1) is 0 Å². The van der Waals surface area contributed by atoms with E-state index in [-0.39, 0.29) is 34.8 Å². The second kappa shape index (κ2) is 9.79. The van der Waals surface area contributed by atoms with Crippen LogP contribution in [-0.4, -0.2) is 52.5 Å². The summed E-state index contributed by atoms with van der Waals surface area (Å²) in [5, 5.41) is 14.2. The van der Waals surface area contributed by atoms with E-state index >= 15 is 0 Å². The maximum Gasteiger partial charge on any atom is 0.344 e. The molecule has 212 valence electrons. The molecule has 0 spiro atoms. The number of anilines is 1. The smallest absolute Gasteiger partial charge is 0.344 e. The highest BCUT2D eigenvalue weighted by atomic mass is 32.1. The van der Waals surface area contributed by atoms with Crippen LogP contribution in [0.25, 0.3) is 21.5 Å². The Balaban J connectivity index is 1.14. The van der Waals surface area contributed by atoms with Gasteiger partial charge in [0.05, 0.1) is 22.9 Å². The highest BCUT2D eigenvalue weighted by Crippen LogP contribution is 2.47. The third-order valence-corrected chi connectivity index (χ3v) is 9.19. The van der Waals surface area contributed by atoms with Gasteiger partial charge in [-0.25, -0.2) is 23.4 Å². The maximum absolute atomic E-state index is 14.6. The zero-order chi connectivity index (χ0) is 28.4. The van der Waals surface area contributed by atoms with Gasteiger partial charge in [0.1, 0.15) is 40.3 Å². The van der Waals surface area contributed by atoms with Crippen LogP contribution >= 0.6 is 11.3 Å². The molecule has 2 aromatic carbocycles. The second-order valence-electron chi connectivity index (χ2n) is 10.8. The van der Waals surface area contributed by atoms with Gasteiger partial charge >= 0.3 is 11.9 Å². The lowest BCUT2D eigenvalue weighted by Gasteiger charge is -2.38. The minimum atomic E-state index is -1.04. The van der Waals surface area contributed by atoms with Crippen molar-refractivity contribution in [2.75, 3.05) is 12.0 Å². The number of hydrogen-bond donors (Lipinski definition) is 1. The van der Waals surface area contributed by atoms with Gasteiger partial charge in [-0.3, -0.25) is 0 Å². The number of thiazole rings is 1. The van der Waals surface area contributed by atoms with E-state index in [1.165, 1.54) is 30.6 Å². The normalized spacial score (nSPS) is 21.8. The van der Waals surface area contributed by atoms with E-state index in [0.29, 0.717) is 29.9 Å². The van der Waals surface area contributed by atoms with Crippen molar-refractivity contribution in [2.45, 2.75) is 62.6 Å². The number of carboxylic acid groups (broad SMARTS) is 1. The molecule has 3 aliphatic rings. The Morgan fingerprint density at radius 2 is 1.80 bits per heavy atom. The average Bonchev–Trinajstić information content (AvgIpc) is 3.44. The fourth-order valence-corrected chi connectivity index (χ4v) is 7.31. The first-order valence-electron chi connectivity index (χ1n) is 13.5. The minimum Gasteiger partial charge on any atom is -0.494 e. The first kappa shape index (κ1) is 25.9. The van der Waals surface area contributed by atoms with Gasteiger partial charge in [0, 0.05) is 30.8 Å². The number of rotatable bonds is 7. The molecule has 2 saturated heterocycles. The van der Waals surface area contributed by atoms with Gasteiger partial charge in [-0.1, -0.05) is 22.6 Å². The summed E-state index contributed by atoms with van der Waals surface area (Å²) in [4.78, 5) is 32.2. The van der Waals surface area contributed by atoms with Crippen LogP contribution in [0.5, 0.6) is 5.75 Å². The summed E-state index contributed by atoms with van der Waals surface area (Å²) in [6.45, 7) is 0. The number of halogens is 2. The molecule has 1 aliphatic carbocycles. The molecule has 0 amide bonds. The Bertz CT molecular complexity index is 1660. The van der Waals surface area contributed by atoms with Crippen molar-refractivity contribution in [3.63, 3.8) is 0 Å². The SMILES string of the molecule is COc1cc(C(=O)O)cc2sc(N3[C@@H]4CC[C@H]3C[C@H](OC(=O)c3c(-c5c(F)cccc5F)noc3C3CC3)C4)nc12. The van der Waals surface area contributed by atoms with Crippen LogP contribution in [0.15, 0.2) is 34.9 Å². The molecule has 4 heterocycles. The van der Waals surface area contributed by atoms with Crippen LogP contribution in [0.2, 0.25) is 0 Å². The second-order valence-corrected chi connectivity index (χ2v) is 11.8. The number of aromatic carboxylic acids is 1. The van der Waals surface area contributed by atoms with Crippen LogP contribution < -0.4 is 9.64 Å². The Kier molecular flexibility index (Phi) is 6.18. The molecule has 9 nitrogen and oxygen atoms in total. The summed E-state index contributed by atoms with van der Waals surface area (Å²) in [5.41, 5.74) is 0.170. The van der Waals surface area contributed by atoms with E-state index in [1.807, 2.05) is 0 Å². The predicted octanol–water partition coefficient (Wildman–Crippen LogP) is 6.17. The van der Waals surface area contributed by atoms with Crippen molar-refractivity contribution in [3.8, 4) is 17.0 Å². The molecule has 0 unspecified atom stereocenters. The number of hydrogen-bond acceptors (Lipinski definition) is 9. The van der Waals surface area contributed by atoms with Crippen LogP contribution in [0.3, 0.4) is 0 Å². The third-order valence-electron chi connectivity index (χ3n) is 8.17. The number of piperidine rings is 1. The Labute approximate surface area is 236 Å². The monoisotopic (exact) mass is 581 g/mol. The summed E-state index contributed by atoms with van der Waals surface area (Å²) in [7, 11) is 1.49. The van der Waals surface area contributed by atoms with Crippen LogP contribution in [-0.2, 0) is 4.74 Å². The van der Waals surface area contributed by atoms with Crippen molar-refractivity contribution < 1.29 is 37.5 Å². The number of esters is 1. The largest absolute Gasteiger partial charge is 0.494 e. The van der Waals surface area contributed by atoms with E-state index in [0.717, 1.165) is 47.6 Å². The van der Waals surface area contributed by atoms with Crippen molar-refractivity contribution in [3.05, 3.63) is 58.9 Å². The molecule has 2 aromatic heterocycles. The van der Waals surface area contributed by atoms with Crippen LogP contribution in [0.1, 0.15) is 70.9 Å². The Morgan fingerprint density at radius 1 is 1.10 bits per heavy atom. The third kappa shape index (κ3) is 4.41. The number of benzene rings is 2. The van der Waals surface area contributed by atoms with E-state index in [4.69, 9.17) is 19.0 Å². The van der Waals surface area contributed by atoms with Gasteiger partial charge in [-0.05, 0) is 49.9 Å². The van der Waals surface area contributed by atoms with E-state index < -0.39 is 35.2 Å². The van der Waals surface area contributed by atoms with Crippen molar-refractivity contribution in [2.24, 2.45) is 0 Å². The summed E-state index contributed by atoms with van der Waals surface area (Å²) < 4.78 is 46.9. The molecule has 2 aliphatic heterocycles. The highest BCUT2D eigenvalue weighted by Gasteiger charge is 2.45. The fourth-order valence-electron chi connectivity index (χ4n) is 6.14. The number of nitrogens with zero attached hydrogens (tertiary/aromatic N) is 3. The fraction of sp³-hybridized carbons (Fsp3) is 0.379. The molecule has 2 bridgehead atoms. The summed E-state index contributed by atoms with van der Waals surface area (Å²) in [6.07, 6.45) is 4.10. The van der Waals surface area contributed by atoms with Gasteiger partial charge in [0.15, 0.2) is 10.9 Å². The van der Waals surface area contributed by atoms with Crippen LogP contribution in [0.4, 0.5) is 13.9 Å². The molecule has 1 saturated carbocycles. The number of ether oxygens (including phenoxy) is 2. The topological polar surface area (TPSA) is 115 Å². The number of fused-ring (bicyclic) bond motifs is 3. The number of carboxylic acids is 1. The van der Waals surface area contributed by atoms with E-state index in [2.05, 4.69) is 10.1 Å². The van der Waals surface area contributed by atoms with E-state index in [9.17, 15) is 23.5 Å². The number of methoxy groups -OCH3 is 1. The predicted molar refractivity (Wildman–Crippen MR) is 145 cm³/mol. The first-order chi connectivity index (χ1) is 19.8. The zero-order valence-electron chi connectivity index (χ0n) is 21.9. The molecule has 41 heavy (non-hydrogen) atoms. The molecule has 3 fully saturated rings. The summed E-state index contributed by atoms with van der Waals surface area (Å²) in [5.74, 6) is -2.69. The van der Waals surface area contributed by atoms with Gasteiger partial charge in [-0.2, -0.15) is 0 Å². The zero-order valence-corrected chi connectivity index (χ0v) is 22.7. The van der Waals surface area contributed by atoms with Crippen molar-refractivity contribution >= 4 is 38.6 Å². The molecule has 0 radical (unpaired) electrons. The highest BCUT2D eigenvalue weighted by molar-refractivity contribution is 7.22. The molecule has 12 heteroatoms. The average molecular weight is 582 g/mol. The quantitative estimate of drug-likeness (QED) is 0.256. The van der Waals surface area contributed by atoms with Crippen molar-refractivity contribution in [1.29, 1.82) is 0 Å². The lowest BCUT2D eigenvalue weighted by Crippen LogP contribution is -2.46. The minimum absolute atomic E-state index is 0.00113. The lowest BCUT2D eigenvalue weighted by atomic mass is 9.99. The molecular formula is C29H25F2N3O6S. The van der Waals surface area contributed by atoms with Gasteiger partial charge < -0.3 is 24.0 Å². The standard InChI is InChI=1S/C29H25F2N3O6S/c1-38-20-9-14(27(35)36)10-21-24(20)32-29(41-21)34-15-7-8-16(34)12-17(11-15)39-28(37)23-25(33-40-26(23)13-5-6-13)22-18(30)3-2-4-19(22)31/h2-4,9-10,13,15-17H,5-8,11-12H2,1H3,(H,35,36)/t15-,16+,17-. The number of aromatic nitrogens is 2. The number of carbonyl (C=O) groups excluding carboxylic acids is 1. The van der Waals surface area contributed by atoms with Crippen molar-refractivity contribution in [1.82, 2.24) is 10.1 Å².